The molecule has 0 atom stereocenters. The summed E-state index contributed by atoms with van der Waals surface area (Å²) >= 11 is 11.7. The van der Waals surface area contributed by atoms with E-state index < -0.39 is 31.5 Å². The Labute approximate surface area is 197 Å². The Morgan fingerprint density at radius 1 is 0.844 bits per heavy atom. The SMILES string of the molecule is Cc1cc(NS(=O)(=O)c2ccc(Cl)cc2)c(C(C)C)c(S(=O)(=O)c2ccc(Cl)cc2)c1O. The minimum absolute atomic E-state index is 0.0376. The number of sulfone groups is 1. The van der Waals surface area contributed by atoms with E-state index in [-0.39, 0.29) is 31.5 Å². The van der Waals surface area contributed by atoms with Crippen LogP contribution in [0.2, 0.25) is 10.0 Å². The molecule has 0 spiro atoms. The number of sulfonamides is 1. The van der Waals surface area contributed by atoms with Gasteiger partial charge in [-0.1, -0.05) is 37.0 Å². The van der Waals surface area contributed by atoms with E-state index in [1.807, 2.05) is 0 Å². The van der Waals surface area contributed by atoms with E-state index in [1.54, 1.807) is 13.8 Å². The number of hydrogen-bond donors (Lipinski definition) is 2. The maximum atomic E-state index is 13.5. The molecular weight excluding hydrogens is 493 g/mol. The molecule has 0 aliphatic rings. The van der Waals surface area contributed by atoms with Crippen molar-refractivity contribution in [2.75, 3.05) is 4.72 Å². The number of aromatic hydroxyl groups is 1. The topological polar surface area (TPSA) is 101 Å². The highest BCUT2D eigenvalue weighted by Gasteiger charge is 2.31. The van der Waals surface area contributed by atoms with Crippen LogP contribution >= 0.6 is 23.2 Å². The first-order valence-corrected chi connectivity index (χ1v) is 13.2. The number of benzene rings is 3. The highest BCUT2D eigenvalue weighted by Crippen LogP contribution is 2.42. The normalized spacial score (nSPS) is 12.2. The number of rotatable bonds is 6. The van der Waals surface area contributed by atoms with E-state index in [4.69, 9.17) is 23.2 Å². The van der Waals surface area contributed by atoms with Crippen LogP contribution in [0.25, 0.3) is 0 Å². The van der Waals surface area contributed by atoms with Gasteiger partial charge in [0.1, 0.15) is 10.6 Å². The zero-order chi connectivity index (χ0) is 23.8. The molecule has 6 nitrogen and oxygen atoms in total. The molecule has 0 radical (unpaired) electrons. The standard InChI is InChI=1S/C22H21Cl2NO5S2/c1-13(2)20-19(25-32(29,30)18-10-6-16(24)7-11-18)12-14(3)21(26)22(20)31(27,28)17-8-4-15(23)5-9-17/h4-13,25-26H,1-3H3. The predicted octanol–water partition coefficient (Wildman–Crippen LogP) is 5.76. The monoisotopic (exact) mass is 513 g/mol. The summed E-state index contributed by atoms with van der Waals surface area (Å²) in [6, 6.07) is 12.5. The zero-order valence-corrected chi connectivity index (χ0v) is 20.6. The predicted molar refractivity (Wildman–Crippen MR) is 126 cm³/mol. The van der Waals surface area contributed by atoms with Crippen molar-refractivity contribution in [1.82, 2.24) is 0 Å². The molecule has 3 aromatic rings. The molecule has 3 rings (SSSR count). The second-order valence-electron chi connectivity index (χ2n) is 7.50. The Hall–Kier alpha value is -2.26. The van der Waals surface area contributed by atoms with Gasteiger partial charge in [-0.3, -0.25) is 4.72 Å². The Balaban J connectivity index is 2.24. The molecule has 170 valence electrons. The molecule has 0 aliphatic carbocycles. The van der Waals surface area contributed by atoms with Gasteiger partial charge in [0.25, 0.3) is 10.0 Å². The number of nitrogens with one attached hydrogen (secondary N) is 1. The molecule has 0 heterocycles. The molecule has 0 amide bonds. The summed E-state index contributed by atoms with van der Waals surface area (Å²) < 4.78 is 55.4. The molecule has 10 heteroatoms. The van der Waals surface area contributed by atoms with Crippen molar-refractivity contribution in [3.8, 4) is 5.75 Å². The summed E-state index contributed by atoms with van der Waals surface area (Å²) in [4.78, 5) is -0.454. The van der Waals surface area contributed by atoms with Crippen molar-refractivity contribution in [2.24, 2.45) is 0 Å². The maximum Gasteiger partial charge on any atom is 0.261 e. The second kappa shape index (κ2) is 8.94. The third-order valence-corrected chi connectivity index (χ3v) is 8.55. The smallest absolute Gasteiger partial charge is 0.261 e. The zero-order valence-electron chi connectivity index (χ0n) is 17.4. The van der Waals surface area contributed by atoms with Crippen molar-refractivity contribution in [1.29, 1.82) is 0 Å². The van der Waals surface area contributed by atoms with Crippen molar-refractivity contribution in [2.45, 2.75) is 41.4 Å². The van der Waals surface area contributed by atoms with E-state index in [2.05, 4.69) is 4.72 Å². The third-order valence-electron chi connectivity index (χ3n) is 4.82. The Morgan fingerprint density at radius 3 is 1.78 bits per heavy atom. The minimum atomic E-state index is -4.19. The summed E-state index contributed by atoms with van der Waals surface area (Å²) in [5, 5.41) is 11.5. The molecular formula is C22H21Cl2NO5S2. The lowest BCUT2D eigenvalue weighted by atomic mass is 9.99. The lowest BCUT2D eigenvalue weighted by Gasteiger charge is -2.22. The van der Waals surface area contributed by atoms with Gasteiger partial charge in [-0.15, -0.1) is 0 Å². The van der Waals surface area contributed by atoms with E-state index in [0.29, 0.717) is 10.0 Å². The molecule has 0 saturated heterocycles. The number of aryl methyl sites for hydroxylation is 1. The van der Waals surface area contributed by atoms with Crippen LogP contribution in [0.4, 0.5) is 5.69 Å². The van der Waals surface area contributed by atoms with Crippen LogP contribution in [-0.4, -0.2) is 21.9 Å². The molecule has 2 N–H and O–H groups in total. The Kier molecular flexibility index (Phi) is 6.81. The van der Waals surface area contributed by atoms with Crippen LogP contribution in [0.1, 0.15) is 30.9 Å². The third kappa shape index (κ3) is 4.73. The number of phenols is 1. The Morgan fingerprint density at radius 2 is 1.31 bits per heavy atom. The quantitative estimate of drug-likeness (QED) is 0.407. The maximum absolute atomic E-state index is 13.5. The molecule has 0 aromatic heterocycles. The fourth-order valence-corrected chi connectivity index (χ4v) is 6.37. The fraction of sp³-hybridized carbons (Fsp3) is 0.182. The van der Waals surface area contributed by atoms with Crippen molar-refractivity contribution >= 4 is 48.7 Å². The Bertz CT molecular complexity index is 1370. The largest absolute Gasteiger partial charge is 0.506 e. The summed E-state index contributed by atoms with van der Waals surface area (Å²) in [5.74, 6) is -0.875. The van der Waals surface area contributed by atoms with Gasteiger partial charge in [0.15, 0.2) is 0 Å². The van der Waals surface area contributed by atoms with Crippen molar-refractivity contribution < 1.29 is 21.9 Å². The van der Waals surface area contributed by atoms with Crippen LogP contribution in [-0.2, 0) is 19.9 Å². The van der Waals surface area contributed by atoms with Crippen LogP contribution in [0.5, 0.6) is 5.75 Å². The van der Waals surface area contributed by atoms with E-state index in [9.17, 15) is 21.9 Å². The van der Waals surface area contributed by atoms with Crippen LogP contribution < -0.4 is 4.72 Å². The van der Waals surface area contributed by atoms with Crippen LogP contribution in [0.15, 0.2) is 69.3 Å². The van der Waals surface area contributed by atoms with Gasteiger partial charge in [0, 0.05) is 15.6 Å². The molecule has 0 aliphatic heterocycles. The number of halogens is 2. The van der Waals surface area contributed by atoms with Crippen LogP contribution in [0, 0.1) is 6.92 Å². The highest BCUT2D eigenvalue weighted by atomic mass is 35.5. The fourth-order valence-electron chi connectivity index (χ4n) is 3.27. The summed E-state index contributed by atoms with van der Waals surface area (Å²) in [5.41, 5.74) is 0.425. The molecule has 0 bridgehead atoms. The van der Waals surface area contributed by atoms with E-state index in [0.717, 1.165) is 0 Å². The van der Waals surface area contributed by atoms with Gasteiger partial charge >= 0.3 is 0 Å². The van der Waals surface area contributed by atoms with Gasteiger partial charge in [0.2, 0.25) is 9.84 Å². The van der Waals surface area contributed by atoms with Crippen molar-refractivity contribution in [3.05, 3.63) is 75.8 Å². The van der Waals surface area contributed by atoms with E-state index in [1.165, 1.54) is 61.5 Å². The molecule has 0 unspecified atom stereocenters. The molecule has 0 saturated carbocycles. The number of phenolic OH excluding ortho intramolecular Hbond substituents is 1. The van der Waals surface area contributed by atoms with Gasteiger partial charge < -0.3 is 5.11 Å². The average Bonchev–Trinajstić information content (AvgIpc) is 2.70. The second-order valence-corrected chi connectivity index (χ2v) is 11.9. The lowest BCUT2D eigenvalue weighted by molar-refractivity contribution is 0.451. The summed E-state index contributed by atoms with van der Waals surface area (Å²) in [6.45, 7) is 4.93. The highest BCUT2D eigenvalue weighted by molar-refractivity contribution is 7.93. The summed E-state index contributed by atoms with van der Waals surface area (Å²) in [6.07, 6.45) is 0. The molecule has 3 aromatic carbocycles. The molecule has 32 heavy (non-hydrogen) atoms. The van der Waals surface area contributed by atoms with E-state index >= 15 is 0 Å². The van der Waals surface area contributed by atoms with Gasteiger partial charge in [-0.25, -0.2) is 16.8 Å². The first kappa shape index (κ1) is 24.4. The lowest BCUT2D eigenvalue weighted by Crippen LogP contribution is -2.17. The summed E-state index contributed by atoms with van der Waals surface area (Å²) in [7, 11) is -8.24. The number of hydrogen-bond acceptors (Lipinski definition) is 5. The minimum Gasteiger partial charge on any atom is -0.506 e. The number of anilines is 1. The van der Waals surface area contributed by atoms with Gasteiger partial charge in [0.05, 0.1) is 15.5 Å². The first-order valence-electron chi connectivity index (χ1n) is 9.50. The van der Waals surface area contributed by atoms with Crippen LogP contribution in [0.3, 0.4) is 0 Å². The van der Waals surface area contributed by atoms with Gasteiger partial charge in [-0.2, -0.15) is 0 Å². The average molecular weight is 514 g/mol. The van der Waals surface area contributed by atoms with Crippen molar-refractivity contribution in [3.63, 3.8) is 0 Å². The van der Waals surface area contributed by atoms with Gasteiger partial charge in [-0.05, 0) is 73.0 Å². The first-order chi connectivity index (χ1) is 14.8. The molecule has 0 fully saturated rings.